The summed E-state index contributed by atoms with van der Waals surface area (Å²) in [6.07, 6.45) is 2.50. The minimum absolute atomic E-state index is 0.183. The van der Waals surface area contributed by atoms with E-state index in [4.69, 9.17) is 5.11 Å². The summed E-state index contributed by atoms with van der Waals surface area (Å²) in [7, 11) is 0. The average Bonchev–Trinajstić information content (AvgIpc) is 2.44. The Morgan fingerprint density at radius 2 is 2.11 bits per heavy atom. The third-order valence-electron chi connectivity index (χ3n) is 2.58. The first-order valence-corrected chi connectivity index (χ1v) is 7.20. The van der Waals surface area contributed by atoms with Crippen molar-refractivity contribution in [2.24, 2.45) is 0 Å². The van der Waals surface area contributed by atoms with Crippen LogP contribution in [0, 0.1) is 0 Å². The van der Waals surface area contributed by atoms with Crippen molar-refractivity contribution in [1.29, 1.82) is 0 Å². The fourth-order valence-electron chi connectivity index (χ4n) is 1.42. The molecule has 0 radical (unpaired) electrons. The van der Waals surface area contributed by atoms with Crippen LogP contribution in [0.25, 0.3) is 0 Å². The van der Waals surface area contributed by atoms with Gasteiger partial charge in [-0.15, -0.1) is 11.8 Å². The number of thioether (sulfide) groups is 1. The summed E-state index contributed by atoms with van der Waals surface area (Å²) in [5.41, 5.74) is 0.573. The normalized spacial score (nSPS) is 11.7. The van der Waals surface area contributed by atoms with Crippen LogP contribution < -0.4 is 10.6 Å². The molecule has 0 saturated carbocycles. The lowest BCUT2D eigenvalue weighted by molar-refractivity contribution is -0.136. The third-order valence-corrected chi connectivity index (χ3v) is 3.31. The number of hydrogen-bond donors (Lipinski definition) is 3. The number of amides is 2. The number of aliphatic hydroxyl groups is 1. The number of aliphatic hydroxyl groups excluding tert-OH is 1. The highest BCUT2D eigenvalue weighted by Gasteiger charge is 2.17. The zero-order valence-electron chi connectivity index (χ0n) is 11.0. The van der Waals surface area contributed by atoms with Gasteiger partial charge in [0.2, 0.25) is 0 Å². The molecule has 5 nitrogen and oxygen atoms in total. The first-order chi connectivity index (χ1) is 9.10. The first-order valence-electron chi connectivity index (χ1n) is 5.97. The monoisotopic (exact) mass is 282 g/mol. The minimum atomic E-state index is -0.740. The van der Waals surface area contributed by atoms with Crippen LogP contribution in [0.5, 0.6) is 0 Å². The van der Waals surface area contributed by atoms with E-state index in [1.165, 1.54) is 0 Å². The lowest BCUT2D eigenvalue weighted by Crippen LogP contribution is -2.43. The third kappa shape index (κ3) is 4.92. The van der Waals surface area contributed by atoms with Crippen molar-refractivity contribution >= 4 is 29.3 Å². The predicted molar refractivity (Wildman–Crippen MR) is 76.2 cm³/mol. The van der Waals surface area contributed by atoms with E-state index in [0.717, 1.165) is 4.90 Å². The van der Waals surface area contributed by atoms with Crippen LogP contribution in [0.15, 0.2) is 29.2 Å². The van der Waals surface area contributed by atoms with E-state index < -0.39 is 17.9 Å². The Morgan fingerprint density at radius 1 is 1.37 bits per heavy atom. The van der Waals surface area contributed by atoms with Gasteiger partial charge in [-0.2, -0.15) is 0 Å². The quantitative estimate of drug-likeness (QED) is 0.561. The molecular formula is C13H18N2O3S. The number of hydrogen-bond acceptors (Lipinski definition) is 4. The summed E-state index contributed by atoms with van der Waals surface area (Å²) in [4.78, 5) is 24.3. The zero-order chi connectivity index (χ0) is 14.3. The molecule has 0 saturated heterocycles. The molecule has 0 aliphatic carbocycles. The molecule has 1 unspecified atom stereocenters. The van der Waals surface area contributed by atoms with Gasteiger partial charge in [-0.1, -0.05) is 13.0 Å². The minimum Gasteiger partial charge on any atom is -0.394 e. The van der Waals surface area contributed by atoms with Crippen molar-refractivity contribution in [2.75, 3.05) is 18.2 Å². The van der Waals surface area contributed by atoms with Gasteiger partial charge in [-0.3, -0.25) is 9.59 Å². The lowest BCUT2D eigenvalue weighted by Gasteiger charge is -2.13. The summed E-state index contributed by atoms with van der Waals surface area (Å²) < 4.78 is 0. The van der Waals surface area contributed by atoms with E-state index in [1.807, 2.05) is 25.3 Å². The fourth-order valence-corrected chi connectivity index (χ4v) is 1.88. The van der Waals surface area contributed by atoms with Gasteiger partial charge in [-0.25, -0.2) is 0 Å². The second-order valence-corrected chi connectivity index (χ2v) is 4.83. The molecule has 1 aromatic carbocycles. The zero-order valence-corrected chi connectivity index (χ0v) is 11.8. The Kier molecular flexibility index (Phi) is 6.38. The standard InChI is InChI=1S/C13H18N2O3S/c1-3-9(8-16)14-12(17)13(18)15-10-5-4-6-11(7-10)19-2/h4-7,9,16H,3,8H2,1-2H3,(H,14,17)(H,15,18). The molecule has 6 heteroatoms. The molecule has 0 bridgehead atoms. The number of carbonyl (C=O) groups excluding carboxylic acids is 2. The Balaban J connectivity index is 2.60. The van der Waals surface area contributed by atoms with Crippen LogP contribution >= 0.6 is 11.8 Å². The molecule has 1 atom stereocenters. The van der Waals surface area contributed by atoms with Crippen LogP contribution in [0.2, 0.25) is 0 Å². The number of carbonyl (C=O) groups is 2. The SMILES string of the molecule is CCC(CO)NC(=O)C(=O)Nc1cccc(SC)c1. The van der Waals surface area contributed by atoms with E-state index in [0.29, 0.717) is 12.1 Å². The molecule has 0 fully saturated rings. The molecule has 104 valence electrons. The van der Waals surface area contributed by atoms with Gasteiger partial charge in [0.15, 0.2) is 0 Å². The summed E-state index contributed by atoms with van der Waals surface area (Å²) in [5.74, 6) is -1.47. The van der Waals surface area contributed by atoms with Gasteiger partial charge >= 0.3 is 11.8 Å². The molecule has 0 aliphatic heterocycles. The number of nitrogens with one attached hydrogen (secondary N) is 2. The maximum absolute atomic E-state index is 11.7. The molecule has 0 aromatic heterocycles. The van der Waals surface area contributed by atoms with Crippen molar-refractivity contribution in [3.8, 4) is 0 Å². The molecule has 0 heterocycles. The lowest BCUT2D eigenvalue weighted by atomic mass is 10.2. The molecule has 2 amide bonds. The Morgan fingerprint density at radius 3 is 2.68 bits per heavy atom. The van der Waals surface area contributed by atoms with E-state index in [1.54, 1.807) is 23.9 Å². The van der Waals surface area contributed by atoms with E-state index in [9.17, 15) is 9.59 Å². The van der Waals surface area contributed by atoms with Gasteiger partial charge in [0.05, 0.1) is 12.6 Å². The maximum atomic E-state index is 11.7. The van der Waals surface area contributed by atoms with Gasteiger partial charge in [0.1, 0.15) is 0 Å². The van der Waals surface area contributed by atoms with Gasteiger partial charge < -0.3 is 15.7 Å². The summed E-state index contributed by atoms with van der Waals surface area (Å²) in [6.45, 7) is 1.64. The first kappa shape index (κ1) is 15.5. The van der Waals surface area contributed by atoms with Crippen molar-refractivity contribution in [2.45, 2.75) is 24.3 Å². The molecular weight excluding hydrogens is 264 g/mol. The molecule has 0 spiro atoms. The number of anilines is 1. The number of rotatable bonds is 5. The summed E-state index contributed by atoms with van der Waals surface area (Å²) in [6, 6.07) is 6.84. The van der Waals surface area contributed by atoms with Crippen LogP contribution in [0.3, 0.4) is 0 Å². The van der Waals surface area contributed by atoms with E-state index >= 15 is 0 Å². The molecule has 3 N–H and O–H groups in total. The van der Waals surface area contributed by atoms with Crippen LogP contribution in [0.4, 0.5) is 5.69 Å². The van der Waals surface area contributed by atoms with Crippen molar-refractivity contribution in [3.05, 3.63) is 24.3 Å². The van der Waals surface area contributed by atoms with Gasteiger partial charge in [0, 0.05) is 10.6 Å². The van der Waals surface area contributed by atoms with Crippen molar-refractivity contribution in [3.63, 3.8) is 0 Å². The molecule has 0 aliphatic rings. The maximum Gasteiger partial charge on any atom is 0.313 e. The predicted octanol–water partition coefficient (Wildman–Crippen LogP) is 1.23. The Labute approximate surface area is 116 Å². The highest BCUT2D eigenvalue weighted by atomic mass is 32.2. The number of benzene rings is 1. The highest BCUT2D eigenvalue weighted by molar-refractivity contribution is 7.98. The summed E-state index contributed by atoms with van der Waals surface area (Å²) >= 11 is 1.55. The van der Waals surface area contributed by atoms with Crippen molar-refractivity contribution < 1.29 is 14.7 Å². The average molecular weight is 282 g/mol. The second-order valence-electron chi connectivity index (χ2n) is 3.95. The molecule has 1 aromatic rings. The summed E-state index contributed by atoms with van der Waals surface area (Å²) in [5, 5.41) is 13.9. The van der Waals surface area contributed by atoms with Crippen LogP contribution in [-0.4, -0.2) is 35.8 Å². The van der Waals surface area contributed by atoms with Gasteiger partial charge in [-0.05, 0) is 30.9 Å². The smallest absolute Gasteiger partial charge is 0.313 e. The Bertz CT molecular complexity index is 447. The van der Waals surface area contributed by atoms with Gasteiger partial charge in [0.25, 0.3) is 0 Å². The fraction of sp³-hybridized carbons (Fsp3) is 0.385. The van der Waals surface area contributed by atoms with Crippen LogP contribution in [0.1, 0.15) is 13.3 Å². The highest BCUT2D eigenvalue weighted by Crippen LogP contribution is 2.18. The largest absolute Gasteiger partial charge is 0.394 e. The Hall–Kier alpha value is -1.53. The van der Waals surface area contributed by atoms with E-state index in [-0.39, 0.29) is 6.61 Å². The van der Waals surface area contributed by atoms with Crippen LogP contribution in [-0.2, 0) is 9.59 Å². The molecule has 19 heavy (non-hydrogen) atoms. The topological polar surface area (TPSA) is 78.4 Å². The van der Waals surface area contributed by atoms with E-state index in [2.05, 4.69) is 10.6 Å². The van der Waals surface area contributed by atoms with Crippen molar-refractivity contribution in [1.82, 2.24) is 5.32 Å². The second kappa shape index (κ2) is 7.81. The molecule has 1 rings (SSSR count).